The molecule has 1 saturated heterocycles. The molecule has 0 unspecified atom stereocenters. The van der Waals surface area contributed by atoms with Crippen LogP contribution in [0.1, 0.15) is 24.6 Å². The van der Waals surface area contributed by atoms with Gasteiger partial charge in [-0.15, -0.1) is 0 Å². The molecular weight excluding hydrogens is 373 g/mol. The minimum absolute atomic E-state index is 0.128. The number of carbonyl (C=O) groups excluding carboxylic acids is 2. The summed E-state index contributed by atoms with van der Waals surface area (Å²) >= 11 is 0. The Bertz CT molecular complexity index is 884. The van der Waals surface area contributed by atoms with Gasteiger partial charge in [-0.25, -0.2) is 13.2 Å². The van der Waals surface area contributed by atoms with E-state index in [-0.39, 0.29) is 18.5 Å². The molecule has 0 radical (unpaired) electrons. The first-order valence-corrected chi connectivity index (χ1v) is 8.92. The Kier molecular flexibility index (Phi) is 6.03. The van der Waals surface area contributed by atoms with Crippen LogP contribution in [-0.2, 0) is 16.6 Å². The summed E-state index contributed by atoms with van der Waals surface area (Å²) in [6.07, 6.45) is 3.87. The number of aryl methyl sites for hydroxylation is 1. The van der Waals surface area contributed by atoms with Crippen molar-refractivity contribution in [3.8, 4) is 0 Å². The summed E-state index contributed by atoms with van der Waals surface area (Å²) in [4.78, 5) is 26.1. The van der Waals surface area contributed by atoms with Gasteiger partial charge in [0.25, 0.3) is 0 Å². The molecule has 0 spiro atoms. The number of hydrogen-bond donors (Lipinski definition) is 2. The van der Waals surface area contributed by atoms with E-state index < -0.39 is 35.6 Å². The SMILES string of the molecule is Cn1cccc1[C@@H]1CCCN1CC(=O)NCC(=O)Nc1ccc(F)c(F)c1F. The molecule has 0 aliphatic carbocycles. The van der Waals surface area contributed by atoms with Crippen molar-refractivity contribution in [3.05, 3.63) is 53.6 Å². The Labute approximate surface area is 160 Å². The zero-order valence-electron chi connectivity index (χ0n) is 15.3. The number of amides is 2. The number of carbonyl (C=O) groups is 2. The molecule has 1 aliphatic rings. The smallest absolute Gasteiger partial charge is 0.243 e. The highest BCUT2D eigenvalue weighted by molar-refractivity contribution is 5.94. The van der Waals surface area contributed by atoms with Gasteiger partial charge >= 0.3 is 0 Å². The molecule has 2 N–H and O–H groups in total. The van der Waals surface area contributed by atoms with Crippen LogP contribution in [0.25, 0.3) is 0 Å². The second kappa shape index (κ2) is 8.47. The fraction of sp³-hybridized carbons (Fsp3) is 0.368. The highest BCUT2D eigenvalue weighted by Gasteiger charge is 2.29. The van der Waals surface area contributed by atoms with Crippen molar-refractivity contribution in [3.63, 3.8) is 0 Å². The minimum Gasteiger partial charge on any atom is -0.353 e. The molecule has 1 aliphatic heterocycles. The number of halogens is 3. The van der Waals surface area contributed by atoms with Crippen molar-refractivity contribution in [1.82, 2.24) is 14.8 Å². The van der Waals surface area contributed by atoms with Crippen LogP contribution in [0.5, 0.6) is 0 Å². The standard InChI is InChI=1S/C19H21F3N4O2/c1-25-8-2-4-14(25)15-5-3-9-26(15)11-17(28)23-10-16(27)24-13-7-6-12(20)18(21)19(13)22/h2,4,6-8,15H,3,5,9-11H2,1H3,(H,23,28)(H,24,27)/t15-/m0/s1. The van der Waals surface area contributed by atoms with Crippen LogP contribution in [0, 0.1) is 17.5 Å². The Balaban J connectivity index is 1.51. The maximum Gasteiger partial charge on any atom is 0.243 e. The van der Waals surface area contributed by atoms with Crippen LogP contribution in [0.15, 0.2) is 30.5 Å². The van der Waals surface area contributed by atoms with Crippen molar-refractivity contribution in [1.29, 1.82) is 0 Å². The van der Waals surface area contributed by atoms with Gasteiger partial charge in [0.1, 0.15) is 0 Å². The number of nitrogens with zero attached hydrogens (tertiary/aromatic N) is 2. The molecule has 1 aromatic heterocycles. The average molecular weight is 394 g/mol. The van der Waals surface area contributed by atoms with Gasteiger partial charge in [0.15, 0.2) is 17.5 Å². The molecule has 28 heavy (non-hydrogen) atoms. The molecule has 1 atom stereocenters. The number of rotatable bonds is 6. The van der Waals surface area contributed by atoms with Gasteiger partial charge in [0.2, 0.25) is 11.8 Å². The highest BCUT2D eigenvalue weighted by atomic mass is 19.2. The fourth-order valence-electron chi connectivity index (χ4n) is 3.41. The van der Waals surface area contributed by atoms with Gasteiger partial charge in [-0.2, -0.15) is 0 Å². The number of likely N-dealkylation sites (tertiary alicyclic amines) is 1. The van der Waals surface area contributed by atoms with Gasteiger partial charge in [-0.1, -0.05) is 0 Å². The summed E-state index contributed by atoms with van der Waals surface area (Å²) in [6.45, 7) is 0.498. The van der Waals surface area contributed by atoms with Crippen LogP contribution in [0.2, 0.25) is 0 Å². The third-order valence-corrected chi connectivity index (χ3v) is 4.79. The van der Waals surface area contributed by atoms with E-state index >= 15 is 0 Å². The number of nitrogens with one attached hydrogen (secondary N) is 2. The highest BCUT2D eigenvalue weighted by Crippen LogP contribution is 2.31. The van der Waals surface area contributed by atoms with E-state index in [1.54, 1.807) is 0 Å². The molecule has 0 bridgehead atoms. The van der Waals surface area contributed by atoms with Crippen LogP contribution in [-0.4, -0.2) is 40.9 Å². The molecular formula is C19H21F3N4O2. The Morgan fingerprint density at radius 1 is 1.14 bits per heavy atom. The summed E-state index contributed by atoms with van der Waals surface area (Å²) in [5.74, 6) is -5.58. The number of aromatic nitrogens is 1. The van der Waals surface area contributed by atoms with E-state index in [1.165, 1.54) is 0 Å². The lowest BCUT2D eigenvalue weighted by Crippen LogP contribution is -2.40. The second-order valence-electron chi connectivity index (χ2n) is 6.72. The normalized spacial score (nSPS) is 16.9. The zero-order valence-corrected chi connectivity index (χ0v) is 15.3. The van der Waals surface area contributed by atoms with E-state index in [4.69, 9.17) is 0 Å². The van der Waals surface area contributed by atoms with Gasteiger partial charge in [-0.05, 0) is 43.7 Å². The summed E-state index contributed by atoms with van der Waals surface area (Å²) in [5.41, 5.74) is 0.637. The van der Waals surface area contributed by atoms with Crippen LogP contribution in [0.4, 0.5) is 18.9 Å². The van der Waals surface area contributed by atoms with E-state index in [0.29, 0.717) is 6.07 Å². The summed E-state index contributed by atoms with van der Waals surface area (Å²) in [5, 5.41) is 4.58. The summed E-state index contributed by atoms with van der Waals surface area (Å²) in [7, 11) is 1.95. The fourth-order valence-corrected chi connectivity index (χ4v) is 3.41. The Hall–Kier alpha value is -2.81. The Morgan fingerprint density at radius 3 is 2.64 bits per heavy atom. The van der Waals surface area contributed by atoms with Crippen molar-refractivity contribution in [2.24, 2.45) is 7.05 Å². The molecule has 0 saturated carbocycles. The monoisotopic (exact) mass is 394 g/mol. The third-order valence-electron chi connectivity index (χ3n) is 4.79. The number of anilines is 1. The van der Waals surface area contributed by atoms with E-state index in [2.05, 4.69) is 10.6 Å². The molecule has 9 heteroatoms. The molecule has 2 aromatic rings. The lowest BCUT2D eigenvalue weighted by Gasteiger charge is -2.24. The first-order chi connectivity index (χ1) is 13.4. The predicted molar refractivity (Wildman–Crippen MR) is 96.9 cm³/mol. The third kappa shape index (κ3) is 4.36. The van der Waals surface area contributed by atoms with Gasteiger partial charge in [0.05, 0.1) is 24.8 Å². The summed E-state index contributed by atoms with van der Waals surface area (Å²) < 4.78 is 41.7. The first-order valence-electron chi connectivity index (χ1n) is 8.92. The van der Waals surface area contributed by atoms with Crippen molar-refractivity contribution < 1.29 is 22.8 Å². The van der Waals surface area contributed by atoms with E-state index in [1.807, 2.05) is 34.8 Å². The molecule has 3 rings (SSSR count). The topological polar surface area (TPSA) is 66.4 Å². The number of benzene rings is 1. The van der Waals surface area contributed by atoms with Crippen LogP contribution >= 0.6 is 0 Å². The zero-order chi connectivity index (χ0) is 20.3. The van der Waals surface area contributed by atoms with Crippen LogP contribution < -0.4 is 10.6 Å². The lowest BCUT2D eigenvalue weighted by atomic mass is 10.1. The second-order valence-corrected chi connectivity index (χ2v) is 6.72. The van der Waals surface area contributed by atoms with Gasteiger partial charge in [-0.3, -0.25) is 14.5 Å². The lowest BCUT2D eigenvalue weighted by molar-refractivity contribution is -0.125. The summed E-state index contributed by atoms with van der Waals surface area (Å²) in [6, 6.07) is 5.74. The largest absolute Gasteiger partial charge is 0.353 e. The quantitative estimate of drug-likeness (QED) is 0.740. The van der Waals surface area contributed by atoms with Gasteiger partial charge < -0.3 is 15.2 Å². The minimum atomic E-state index is -1.66. The van der Waals surface area contributed by atoms with Crippen molar-refractivity contribution in [2.75, 3.05) is 25.0 Å². The molecule has 1 aromatic carbocycles. The predicted octanol–water partition coefficient (Wildman–Crippen LogP) is 2.33. The van der Waals surface area contributed by atoms with E-state index in [9.17, 15) is 22.8 Å². The Morgan fingerprint density at radius 2 is 1.93 bits per heavy atom. The van der Waals surface area contributed by atoms with E-state index in [0.717, 1.165) is 31.1 Å². The molecule has 6 nitrogen and oxygen atoms in total. The van der Waals surface area contributed by atoms with Crippen molar-refractivity contribution >= 4 is 17.5 Å². The molecule has 2 amide bonds. The molecule has 150 valence electrons. The maximum atomic E-state index is 13.6. The van der Waals surface area contributed by atoms with Crippen LogP contribution in [0.3, 0.4) is 0 Å². The van der Waals surface area contributed by atoms with Crippen molar-refractivity contribution in [2.45, 2.75) is 18.9 Å². The first kappa shape index (κ1) is 19.9. The number of hydrogen-bond acceptors (Lipinski definition) is 3. The molecule has 1 fully saturated rings. The maximum absolute atomic E-state index is 13.6. The van der Waals surface area contributed by atoms with Gasteiger partial charge in [0, 0.05) is 18.9 Å². The molecule has 2 heterocycles. The average Bonchev–Trinajstić information content (AvgIpc) is 3.29.